The van der Waals surface area contributed by atoms with Gasteiger partial charge in [0.05, 0.1) is 17.3 Å². The predicted octanol–water partition coefficient (Wildman–Crippen LogP) is 0.593. The Labute approximate surface area is 104 Å². The highest BCUT2D eigenvalue weighted by molar-refractivity contribution is 7.91. The molecule has 0 radical (unpaired) electrons. The highest BCUT2D eigenvalue weighted by atomic mass is 32.2. The molecular formula is C11H12O6S. The van der Waals surface area contributed by atoms with Gasteiger partial charge < -0.3 is 15.3 Å². The van der Waals surface area contributed by atoms with Gasteiger partial charge in [-0.25, -0.2) is 8.42 Å². The van der Waals surface area contributed by atoms with Gasteiger partial charge in [0.2, 0.25) is 5.78 Å². The molecule has 0 bridgehead atoms. The molecule has 7 heteroatoms. The Bertz CT molecular complexity index is 556. The minimum atomic E-state index is -3.57. The van der Waals surface area contributed by atoms with Crippen LogP contribution in [0.15, 0.2) is 41.2 Å². The van der Waals surface area contributed by atoms with Gasteiger partial charge in [0, 0.05) is 5.56 Å². The monoisotopic (exact) mass is 272 g/mol. The fourth-order valence-corrected chi connectivity index (χ4v) is 2.29. The molecule has 0 saturated heterocycles. The van der Waals surface area contributed by atoms with Crippen molar-refractivity contribution in [3.05, 3.63) is 41.9 Å². The van der Waals surface area contributed by atoms with Crippen LogP contribution in [0.3, 0.4) is 0 Å². The number of ketones is 1. The zero-order valence-electron chi connectivity index (χ0n) is 9.28. The second-order valence-corrected chi connectivity index (χ2v) is 5.52. The molecule has 6 nitrogen and oxygen atoms in total. The Morgan fingerprint density at radius 2 is 1.78 bits per heavy atom. The van der Waals surface area contributed by atoms with Crippen molar-refractivity contribution in [3.8, 4) is 0 Å². The average molecular weight is 272 g/mol. The molecule has 18 heavy (non-hydrogen) atoms. The summed E-state index contributed by atoms with van der Waals surface area (Å²) in [6.45, 7) is -0.489. The Balaban J connectivity index is 3.04. The summed E-state index contributed by atoms with van der Waals surface area (Å²) in [7, 11) is -3.57. The second kappa shape index (κ2) is 5.65. The molecule has 1 rings (SSSR count). The van der Waals surface area contributed by atoms with Crippen LogP contribution in [0.1, 0.15) is 10.4 Å². The molecule has 0 aromatic heterocycles. The minimum absolute atomic E-state index is 0.0273. The van der Waals surface area contributed by atoms with Crippen molar-refractivity contribution < 1.29 is 28.5 Å². The van der Waals surface area contributed by atoms with Crippen LogP contribution in [0.4, 0.5) is 0 Å². The molecule has 0 aliphatic heterocycles. The number of hydrogen-bond acceptors (Lipinski definition) is 6. The van der Waals surface area contributed by atoms with Crippen LogP contribution in [0.25, 0.3) is 0 Å². The molecule has 0 spiro atoms. The summed E-state index contributed by atoms with van der Waals surface area (Å²) in [6.07, 6.45) is 0.263. The maximum atomic E-state index is 11.6. The molecular weight excluding hydrogens is 260 g/mol. The maximum absolute atomic E-state index is 11.6. The zero-order valence-corrected chi connectivity index (χ0v) is 10.1. The number of benzene rings is 1. The average Bonchev–Trinajstić information content (AvgIpc) is 2.37. The van der Waals surface area contributed by atoms with E-state index in [9.17, 15) is 13.2 Å². The summed E-state index contributed by atoms with van der Waals surface area (Å²) in [5, 5.41) is 26.1. The third-order valence-corrected chi connectivity index (χ3v) is 3.90. The Hall–Kier alpha value is -1.86. The van der Waals surface area contributed by atoms with Crippen molar-refractivity contribution in [2.75, 3.05) is 12.4 Å². The summed E-state index contributed by atoms with van der Waals surface area (Å²) >= 11 is 0. The lowest BCUT2D eigenvalue weighted by molar-refractivity contribution is 0.0971. The number of rotatable bonds is 5. The standard InChI is InChI=1S/C11H12O6S/c12-5-6-18(16,17)9-3-1-8(2-4-9)11(15)10(14)7-13/h1-4,7,12-14H,5-6H2. The first-order chi connectivity index (χ1) is 8.42. The molecule has 0 unspecified atom stereocenters. The first-order valence-electron chi connectivity index (χ1n) is 4.94. The van der Waals surface area contributed by atoms with E-state index in [2.05, 4.69) is 0 Å². The molecule has 0 amide bonds. The van der Waals surface area contributed by atoms with Crippen molar-refractivity contribution in [1.29, 1.82) is 0 Å². The van der Waals surface area contributed by atoms with Crippen molar-refractivity contribution in [2.24, 2.45) is 0 Å². The van der Waals surface area contributed by atoms with Crippen LogP contribution in [-0.2, 0) is 9.84 Å². The summed E-state index contributed by atoms with van der Waals surface area (Å²) < 4.78 is 23.1. The topological polar surface area (TPSA) is 112 Å². The fourth-order valence-electron chi connectivity index (χ4n) is 1.26. The second-order valence-electron chi connectivity index (χ2n) is 3.41. The van der Waals surface area contributed by atoms with E-state index in [0.717, 1.165) is 0 Å². The van der Waals surface area contributed by atoms with Gasteiger partial charge in [-0.2, -0.15) is 0 Å². The van der Waals surface area contributed by atoms with Crippen LogP contribution in [0.5, 0.6) is 0 Å². The first kappa shape index (κ1) is 14.2. The number of aliphatic hydroxyl groups excluding tert-OH is 3. The number of carbonyl (C=O) groups is 1. The third kappa shape index (κ3) is 3.08. The predicted molar refractivity (Wildman–Crippen MR) is 63.3 cm³/mol. The van der Waals surface area contributed by atoms with Crippen molar-refractivity contribution in [3.63, 3.8) is 0 Å². The van der Waals surface area contributed by atoms with Crippen molar-refractivity contribution in [2.45, 2.75) is 4.90 Å². The molecule has 0 aliphatic rings. The highest BCUT2D eigenvalue weighted by Crippen LogP contribution is 2.14. The summed E-state index contributed by atoms with van der Waals surface area (Å²) in [4.78, 5) is 11.4. The van der Waals surface area contributed by atoms with Crippen LogP contribution in [0.2, 0.25) is 0 Å². The third-order valence-electron chi connectivity index (χ3n) is 2.19. The number of hydrogen-bond donors (Lipinski definition) is 3. The van der Waals surface area contributed by atoms with E-state index >= 15 is 0 Å². The molecule has 3 N–H and O–H groups in total. The summed E-state index contributed by atoms with van der Waals surface area (Å²) in [6, 6.07) is 4.82. The van der Waals surface area contributed by atoms with E-state index in [0.29, 0.717) is 0 Å². The minimum Gasteiger partial charge on any atom is -0.512 e. The SMILES string of the molecule is O=C(C(O)=CO)c1ccc(S(=O)(=O)CCO)cc1. The maximum Gasteiger partial charge on any atom is 0.230 e. The van der Waals surface area contributed by atoms with E-state index in [-0.39, 0.29) is 16.7 Å². The van der Waals surface area contributed by atoms with Crippen molar-refractivity contribution >= 4 is 15.6 Å². The van der Waals surface area contributed by atoms with Crippen LogP contribution in [0, 0.1) is 0 Å². The quantitative estimate of drug-likeness (QED) is 0.411. The largest absolute Gasteiger partial charge is 0.512 e. The van der Waals surface area contributed by atoms with E-state index in [4.69, 9.17) is 15.3 Å². The highest BCUT2D eigenvalue weighted by Gasteiger charge is 2.16. The van der Waals surface area contributed by atoms with Crippen LogP contribution >= 0.6 is 0 Å². The molecule has 98 valence electrons. The van der Waals surface area contributed by atoms with Gasteiger partial charge in [0.15, 0.2) is 15.6 Å². The van der Waals surface area contributed by atoms with Gasteiger partial charge in [-0.15, -0.1) is 0 Å². The Morgan fingerprint density at radius 1 is 1.22 bits per heavy atom. The van der Waals surface area contributed by atoms with Gasteiger partial charge in [-0.1, -0.05) is 0 Å². The number of Topliss-reactive ketones (excluding diaryl/α,β-unsaturated/α-hetero) is 1. The summed E-state index contributed by atoms with van der Waals surface area (Å²) in [5.74, 6) is -2.05. The van der Waals surface area contributed by atoms with Crippen molar-refractivity contribution in [1.82, 2.24) is 0 Å². The molecule has 0 atom stereocenters. The number of aliphatic hydroxyl groups is 3. The van der Waals surface area contributed by atoms with E-state index in [1.807, 2.05) is 0 Å². The van der Waals surface area contributed by atoms with Gasteiger partial charge >= 0.3 is 0 Å². The van der Waals surface area contributed by atoms with Gasteiger partial charge in [-0.05, 0) is 24.3 Å². The van der Waals surface area contributed by atoms with Gasteiger partial charge in [0.1, 0.15) is 6.26 Å². The van der Waals surface area contributed by atoms with Crippen LogP contribution < -0.4 is 0 Å². The molecule has 0 heterocycles. The molecule has 0 saturated carbocycles. The molecule has 1 aromatic carbocycles. The van der Waals surface area contributed by atoms with E-state index in [1.54, 1.807) is 0 Å². The number of sulfone groups is 1. The lowest BCUT2D eigenvalue weighted by Crippen LogP contribution is -2.10. The lowest BCUT2D eigenvalue weighted by atomic mass is 10.1. The van der Waals surface area contributed by atoms with E-state index in [1.165, 1.54) is 24.3 Å². The zero-order chi connectivity index (χ0) is 13.8. The molecule has 1 aromatic rings. The summed E-state index contributed by atoms with van der Waals surface area (Å²) in [5.41, 5.74) is 0.0424. The normalized spacial score (nSPS) is 12.4. The Morgan fingerprint density at radius 3 is 2.22 bits per heavy atom. The molecule has 0 fully saturated rings. The van der Waals surface area contributed by atoms with E-state index < -0.39 is 33.7 Å². The fraction of sp³-hybridized carbons (Fsp3) is 0.182. The molecule has 0 aliphatic carbocycles. The number of carbonyl (C=O) groups excluding carboxylic acids is 1. The van der Waals surface area contributed by atoms with Gasteiger partial charge in [-0.3, -0.25) is 4.79 Å². The smallest absolute Gasteiger partial charge is 0.230 e. The van der Waals surface area contributed by atoms with Crippen LogP contribution in [-0.4, -0.2) is 41.9 Å². The number of allylic oxidation sites excluding steroid dienone is 1. The van der Waals surface area contributed by atoms with Gasteiger partial charge in [0.25, 0.3) is 0 Å². The lowest BCUT2D eigenvalue weighted by Gasteiger charge is -2.03. The Kier molecular flexibility index (Phi) is 4.46. The first-order valence-corrected chi connectivity index (χ1v) is 6.59.